The zero-order valence-corrected chi connectivity index (χ0v) is 12.3. The van der Waals surface area contributed by atoms with E-state index in [0.29, 0.717) is 5.70 Å². The first-order valence-corrected chi connectivity index (χ1v) is 6.98. The van der Waals surface area contributed by atoms with E-state index in [4.69, 9.17) is 10.2 Å². The van der Waals surface area contributed by atoms with Crippen LogP contribution in [0.15, 0.2) is 66.9 Å². The highest BCUT2D eigenvalue weighted by molar-refractivity contribution is 5.80. The molecule has 0 aliphatic rings. The minimum atomic E-state index is 0.438. The smallest absolute Gasteiger partial charge is 0.140 e. The summed E-state index contributed by atoms with van der Waals surface area (Å²) in [6.07, 6.45) is 3.60. The van der Waals surface area contributed by atoms with E-state index in [1.165, 1.54) is 0 Å². The minimum absolute atomic E-state index is 0.438. The average molecular weight is 291 g/mol. The van der Waals surface area contributed by atoms with Gasteiger partial charge in [-0.2, -0.15) is 0 Å². The van der Waals surface area contributed by atoms with Gasteiger partial charge in [0, 0.05) is 12.6 Å². The molecule has 0 saturated heterocycles. The van der Waals surface area contributed by atoms with Crippen LogP contribution >= 0.6 is 0 Å². The van der Waals surface area contributed by atoms with Crippen LogP contribution in [0.2, 0.25) is 0 Å². The van der Waals surface area contributed by atoms with Gasteiger partial charge in [0.05, 0.1) is 16.7 Å². The minimum Gasteiger partial charge on any atom is -0.327 e. The van der Waals surface area contributed by atoms with Crippen molar-refractivity contribution in [1.29, 1.82) is 0 Å². The lowest BCUT2D eigenvalue weighted by Gasteiger charge is -2.04. The number of nitrogens with zero attached hydrogens (tertiary/aromatic N) is 2. The van der Waals surface area contributed by atoms with Gasteiger partial charge in [-0.25, -0.2) is 4.98 Å². The van der Waals surface area contributed by atoms with Crippen LogP contribution in [0.1, 0.15) is 5.56 Å². The second-order valence-electron chi connectivity index (χ2n) is 5.08. The second-order valence-corrected chi connectivity index (χ2v) is 5.08. The van der Waals surface area contributed by atoms with Gasteiger partial charge in [-0.3, -0.25) is 10.7 Å². The van der Waals surface area contributed by atoms with Gasteiger partial charge in [0.25, 0.3) is 0 Å². The van der Waals surface area contributed by atoms with Crippen LogP contribution in [0.5, 0.6) is 0 Å². The number of hydrogen-bond acceptors (Lipinski definition) is 3. The molecule has 3 rings (SSSR count). The molecule has 0 aliphatic heterocycles. The van der Waals surface area contributed by atoms with Crippen molar-refractivity contribution in [1.82, 2.24) is 15.0 Å². The van der Waals surface area contributed by atoms with E-state index in [1.54, 1.807) is 6.08 Å². The van der Waals surface area contributed by atoms with E-state index in [-0.39, 0.29) is 0 Å². The summed E-state index contributed by atoms with van der Waals surface area (Å²) in [4.78, 5) is 4.70. The second kappa shape index (κ2) is 5.87. The number of aryl methyl sites for hydroxylation is 1. The van der Waals surface area contributed by atoms with Crippen molar-refractivity contribution < 1.29 is 5.21 Å². The number of para-hydroxylation sites is 2. The summed E-state index contributed by atoms with van der Waals surface area (Å²) in [5.74, 6) is 0.926. The lowest BCUT2D eigenvalue weighted by Crippen LogP contribution is -2.01. The van der Waals surface area contributed by atoms with Crippen molar-refractivity contribution in [2.75, 3.05) is 0 Å². The van der Waals surface area contributed by atoms with Crippen LogP contribution in [-0.4, -0.2) is 14.8 Å². The first-order valence-electron chi connectivity index (χ1n) is 6.98. The molecule has 2 aromatic carbocycles. The van der Waals surface area contributed by atoms with Crippen molar-refractivity contribution in [2.24, 2.45) is 7.05 Å². The first-order chi connectivity index (χ1) is 10.7. The van der Waals surface area contributed by atoms with Crippen LogP contribution in [0.25, 0.3) is 28.5 Å². The lowest BCUT2D eigenvalue weighted by atomic mass is 10.1. The summed E-state index contributed by atoms with van der Waals surface area (Å²) in [7, 11) is 2.02. The van der Waals surface area contributed by atoms with E-state index in [0.717, 1.165) is 28.0 Å². The number of aromatic nitrogens is 2. The predicted octanol–water partition coefficient (Wildman–Crippen LogP) is 3.75. The molecule has 110 valence electrons. The number of nitrogens with one attached hydrogen (secondary N) is 1. The summed E-state index contributed by atoms with van der Waals surface area (Å²) in [6.45, 7) is 3.65. The number of hydroxylamine groups is 1. The molecular formula is C18H17N3O. The zero-order chi connectivity index (χ0) is 15.5. The summed E-state index contributed by atoms with van der Waals surface area (Å²) >= 11 is 0. The van der Waals surface area contributed by atoms with E-state index in [2.05, 4.69) is 23.3 Å². The third kappa shape index (κ3) is 2.64. The van der Waals surface area contributed by atoms with Crippen molar-refractivity contribution in [3.63, 3.8) is 0 Å². The highest BCUT2D eigenvalue weighted by Gasteiger charge is 2.09. The van der Waals surface area contributed by atoms with Gasteiger partial charge in [0.15, 0.2) is 0 Å². The Bertz CT molecular complexity index is 862. The zero-order valence-electron chi connectivity index (χ0n) is 12.3. The maximum absolute atomic E-state index is 8.75. The van der Waals surface area contributed by atoms with E-state index in [1.807, 2.05) is 55.0 Å². The molecule has 0 radical (unpaired) electrons. The Balaban J connectivity index is 2.02. The molecule has 3 aromatic rings. The van der Waals surface area contributed by atoms with Gasteiger partial charge >= 0.3 is 0 Å². The van der Waals surface area contributed by atoms with Crippen LogP contribution in [-0.2, 0) is 7.05 Å². The molecule has 1 aromatic heterocycles. The number of fused-ring (bicyclic) bond motifs is 1. The normalized spacial score (nSPS) is 11.2. The third-order valence-electron chi connectivity index (χ3n) is 3.55. The maximum atomic E-state index is 8.75. The topological polar surface area (TPSA) is 50.1 Å². The molecule has 0 unspecified atom stereocenters. The summed E-state index contributed by atoms with van der Waals surface area (Å²) in [5, 5.41) is 8.75. The van der Waals surface area contributed by atoms with Gasteiger partial charge < -0.3 is 4.57 Å². The summed E-state index contributed by atoms with van der Waals surface area (Å²) in [6, 6.07) is 16.2. The molecule has 1 heterocycles. The van der Waals surface area contributed by atoms with Crippen LogP contribution < -0.4 is 5.48 Å². The van der Waals surface area contributed by atoms with Crippen LogP contribution in [0.4, 0.5) is 0 Å². The molecule has 4 heteroatoms. The highest BCUT2D eigenvalue weighted by atomic mass is 16.5. The number of allylic oxidation sites excluding steroid dienone is 1. The molecule has 2 N–H and O–H groups in total. The Kier molecular flexibility index (Phi) is 3.76. The molecule has 0 aliphatic carbocycles. The lowest BCUT2D eigenvalue weighted by molar-refractivity contribution is 0.205. The Hall–Kier alpha value is -2.85. The van der Waals surface area contributed by atoms with Crippen molar-refractivity contribution in [3.8, 4) is 11.4 Å². The monoisotopic (exact) mass is 291 g/mol. The SMILES string of the molecule is C=C(/C=C/c1cccc(-c2nc3ccccc3n2C)c1)NO. The Morgan fingerprint density at radius 1 is 1.23 bits per heavy atom. The van der Waals surface area contributed by atoms with E-state index < -0.39 is 0 Å². The molecule has 22 heavy (non-hydrogen) atoms. The van der Waals surface area contributed by atoms with Crippen molar-refractivity contribution in [2.45, 2.75) is 0 Å². The number of hydrogen-bond donors (Lipinski definition) is 2. The van der Waals surface area contributed by atoms with Gasteiger partial charge in [-0.15, -0.1) is 0 Å². The molecule has 0 fully saturated rings. The van der Waals surface area contributed by atoms with Crippen LogP contribution in [0, 0.1) is 0 Å². The van der Waals surface area contributed by atoms with E-state index in [9.17, 15) is 0 Å². The summed E-state index contributed by atoms with van der Waals surface area (Å²) < 4.78 is 2.09. The molecule has 0 amide bonds. The van der Waals surface area contributed by atoms with E-state index >= 15 is 0 Å². The molecule has 0 bridgehead atoms. The molecule has 0 spiro atoms. The van der Waals surface area contributed by atoms with Crippen molar-refractivity contribution in [3.05, 3.63) is 72.4 Å². The number of rotatable bonds is 4. The summed E-state index contributed by atoms with van der Waals surface area (Å²) in [5.41, 5.74) is 6.60. The first kappa shape index (κ1) is 14.1. The number of benzene rings is 2. The molecule has 0 atom stereocenters. The standard InChI is InChI=1S/C18H17N3O/c1-13(20-22)10-11-14-6-5-7-15(12-14)18-19-16-8-3-4-9-17(16)21(18)2/h3-12,20,22H,1H2,2H3/b11-10+. The molecular weight excluding hydrogens is 274 g/mol. The fourth-order valence-electron chi connectivity index (χ4n) is 2.42. The predicted molar refractivity (Wildman–Crippen MR) is 89.2 cm³/mol. The third-order valence-corrected chi connectivity index (χ3v) is 3.55. The van der Waals surface area contributed by atoms with Gasteiger partial charge in [0.2, 0.25) is 0 Å². The van der Waals surface area contributed by atoms with Crippen molar-refractivity contribution >= 4 is 17.1 Å². The van der Waals surface area contributed by atoms with Gasteiger partial charge in [0.1, 0.15) is 5.82 Å². The molecule has 4 nitrogen and oxygen atoms in total. The Morgan fingerprint density at radius 3 is 2.82 bits per heavy atom. The van der Waals surface area contributed by atoms with Crippen LogP contribution in [0.3, 0.4) is 0 Å². The fraction of sp³-hybridized carbons (Fsp3) is 0.0556. The largest absolute Gasteiger partial charge is 0.327 e. The Morgan fingerprint density at radius 2 is 2.05 bits per heavy atom. The Labute approximate surface area is 129 Å². The maximum Gasteiger partial charge on any atom is 0.140 e. The fourth-order valence-corrected chi connectivity index (χ4v) is 2.42. The number of imidazole rings is 1. The quantitative estimate of drug-likeness (QED) is 0.568. The van der Waals surface area contributed by atoms with Gasteiger partial charge in [-0.1, -0.05) is 43.0 Å². The average Bonchev–Trinajstić information content (AvgIpc) is 2.90. The van der Waals surface area contributed by atoms with Gasteiger partial charge in [-0.05, 0) is 29.8 Å². The highest BCUT2D eigenvalue weighted by Crippen LogP contribution is 2.24. The molecule has 0 saturated carbocycles.